The molecule has 11 heteroatoms. The molecule has 4 aromatic rings. The second-order valence-electron chi connectivity index (χ2n) is 10.8. The van der Waals surface area contributed by atoms with Crippen LogP contribution < -0.4 is 11.1 Å². The van der Waals surface area contributed by atoms with Crippen molar-refractivity contribution in [1.82, 2.24) is 40.2 Å². The minimum atomic E-state index is -0.313. The van der Waals surface area contributed by atoms with Crippen molar-refractivity contribution in [1.29, 1.82) is 0 Å². The number of hydrogen-bond donors (Lipinski definition) is 2. The normalized spacial score (nSPS) is 12.9. The Kier molecular flexibility index (Phi) is 6.57. The fourth-order valence-electron chi connectivity index (χ4n) is 3.89. The molecule has 11 nitrogen and oxygen atoms in total. The van der Waals surface area contributed by atoms with E-state index in [0.717, 1.165) is 16.8 Å². The molecule has 0 radical (unpaired) electrons. The first kappa shape index (κ1) is 25.0. The topological polar surface area (TPSA) is 151 Å². The van der Waals surface area contributed by atoms with Crippen LogP contribution in [0.2, 0.25) is 0 Å². The number of carbonyl (C=O) groups excluding carboxylic acids is 1. The van der Waals surface area contributed by atoms with E-state index in [1.165, 1.54) is 0 Å². The summed E-state index contributed by atoms with van der Waals surface area (Å²) in [6.45, 7) is 12.2. The molecule has 36 heavy (non-hydrogen) atoms. The number of nitrogen functional groups attached to an aromatic ring is 1. The molecule has 0 aromatic carbocycles. The van der Waals surface area contributed by atoms with Gasteiger partial charge in [-0.1, -0.05) is 32.0 Å². The molecular formula is C25H31N9O2. The van der Waals surface area contributed by atoms with Gasteiger partial charge in [-0.2, -0.15) is 10.1 Å². The predicted octanol–water partition coefficient (Wildman–Crippen LogP) is 3.46. The summed E-state index contributed by atoms with van der Waals surface area (Å²) >= 11 is 0. The van der Waals surface area contributed by atoms with E-state index in [2.05, 4.69) is 56.3 Å². The highest BCUT2D eigenvalue weighted by Gasteiger charge is 2.33. The monoisotopic (exact) mass is 489 g/mol. The summed E-state index contributed by atoms with van der Waals surface area (Å²) in [4.78, 5) is 29.6. The third-order valence-electron chi connectivity index (χ3n) is 5.35. The number of amides is 1. The lowest BCUT2D eigenvalue weighted by atomic mass is 9.76. The van der Waals surface area contributed by atoms with Crippen LogP contribution in [0.25, 0.3) is 22.7 Å². The number of hydrogen-bond acceptors (Lipinski definition) is 9. The summed E-state index contributed by atoms with van der Waals surface area (Å²) in [6.07, 6.45) is 8.42. The molecule has 0 bridgehead atoms. The lowest BCUT2D eigenvalue weighted by molar-refractivity contribution is -0.123. The molecule has 0 saturated heterocycles. The van der Waals surface area contributed by atoms with Gasteiger partial charge >= 0.3 is 0 Å². The van der Waals surface area contributed by atoms with Gasteiger partial charge in [0.05, 0.1) is 23.4 Å². The van der Waals surface area contributed by atoms with Gasteiger partial charge in [0.15, 0.2) is 5.82 Å². The zero-order chi connectivity index (χ0) is 26.1. The number of nitrogens with one attached hydrogen (secondary N) is 1. The third-order valence-corrected chi connectivity index (χ3v) is 5.35. The molecule has 0 spiro atoms. The Labute approximate surface area is 209 Å². The van der Waals surface area contributed by atoms with Gasteiger partial charge in [0.1, 0.15) is 6.54 Å². The fourth-order valence-corrected chi connectivity index (χ4v) is 3.89. The van der Waals surface area contributed by atoms with Gasteiger partial charge in [-0.25, -0.2) is 9.97 Å². The van der Waals surface area contributed by atoms with E-state index >= 15 is 0 Å². The Bertz CT molecular complexity index is 1330. The molecule has 0 aliphatic heterocycles. The van der Waals surface area contributed by atoms with Crippen molar-refractivity contribution in [2.45, 2.75) is 59.5 Å². The van der Waals surface area contributed by atoms with Gasteiger partial charge in [0, 0.05) is 35.9 Å². The fraction of sp³-hybridized carbons (Fsp3) is 0.400. The number of pyridine rings is 1. The minimum Gasteiger partial charge on any atom is -0.368 e. The molecule has 0 saturated carbocycles. The molecule has 1 atom stereocenters. The number of carbonyl (C=O) groups is 1. The molecule has 188 valence electrons. The highest BCUT2D eigenvalue weighted by Crippen LogP contribution is 2.39. The summed E-state index contributed by atoms with van der Waals surface area (Å²) in [7, 11) is 0. The third kappa shape index (κ3) is 5.91. The second kappa shape index (κ2) is 9.48. The maximum atomic E-state index is 12.2. The van der Waals surface area contributed by atoms with Crippen molar-refractivity contribution in [2.75, 3.05) is 5.73 Å². The summed E-state index contributed by atoms with van der Waals surface area (Å²) in [6, 6.07) is 3.91. The molecule has 1 unspecified atom stereocenters. The molecule has 0 aliphatic rings. The highest BCUT2D eigenvalue weighted by atomic mass is 16.5. The van der Waals surface area contributed by atoms with E-state index in [0.29, 0.717) is 17.3 Å². The van der Waals surface area contributed by atoms with E-state index in [4.69, 9.17) is 10.3 Å². The average Bonchev–Trinajstić information content (AvgIpc) is 3.42. The molecular weight excluding hydrogens is 458 g/mol. The van der Waals surface area contributed by atoms with Crippen LogP contribution >= 0.6 is 0 Å². The van der Waals surface area contributed by atoms with Crippen LogP contribution in [0.15, 0.2) is 47.6 Å². The van der Waals surface area contributed by atoms with Crippen LogP contribution in [0, 0.1) is 5.41 Å². The van der Waals surface area contributed by atoms with Crippen LogP contribution in [0.4, 0.5) is 5.95 Å². The van der Waals surface area contributed by atoms with Gasteiger partial charge < -0.3 is 15.6 Å². The number of nitrogens with zero attached hydrogens (tertiary/aromatic N) is 7. The maximum Gasteiger partial charge on any atom is 0.261 e. The van der Waals surface area contributed by atoms with Gasteiger partial charge in [-0.05, 0) is 37.8 Å². The quantitative estimate of drug-likeness (QED) is 0.415. The second-order valence-corrected chi connectivity index (χ2v) is 10.8. The summed E-state index contributed by atoms with van der Waals surface area (Å²) in [5, 5.41) is 11.5. The van der Waals surface area contributed by atoms with Crippen molar-refractivity contribution in [3.8, 4) is 22.7 Å². The van der Waals surface area contributed by atoms with Gasteiger partial charge in [0.2, 0.25) is 11.9 Å². The zero-order valence-corrected chi connectivity index (χ0v) is 21.4. The van der Waals surface area contributed by atoms with Crippen LogP contribution in [0.3, 0.4) is 0 Å². The lowest BCUT2D eigenvalue weighted by Gasteiger charge is -2.28. The van der Waals surface area contributed by atoms with Crippen molar-refractivity contribution in [2.24, 2.45) is 5.41 Å². The van der Waals surface area contributed by atoms with Crippen LogP contribution in [0.5, 0.6) is 0 Å². The first-order valence-corrected chi connectivity index (χ1v) is 11.6. The molecule has 4 rings (SSSR count). The Balaban J connectivity index is 1.55. The maximum absolute atomic E-state index is 12.2. The Morgan fingerprint density at radius 3 is 2.36 bits per heavy atom. The van der Waals surface area contributed by atoms with Gasteiger partial charge in [0.25, 0.3) is 5.89 Å². The molecule has 1 amide bonds. The number of rotatable bonds is 6. The van der Waals surface area contributed by atoms with Crippen LogP contribution in [-0.4, -0.2) is 46.3 Å². The average molecular weight is 490 g/mol. The van der Waals surface area contributed by atoms with E-state index in [9.17, 15) is 4.79 Å². The Morgan fingerprint density at radius 2 is 1.75 bits per heavy atom. The molecule has 3 N–H and O–H groups in total. The first-order chi connectivity index (χ1) is 16.9. The summed E-state index contributed by atoms with van der Waals surface area (Å²) in [5.74, 6) is 0.797. The van der Waals surface area contributed by atoms with Crippen molar-refractivity contribution in [3.05, 3.63) is 54.5 Å². The van der Waals surface area contributed by atoms with Crippen LogP contribution in [0.1, 0.15) is 58.8 Å². The van der Waals surface area contributed by atoms with Crippen molar-refractivity contribution in [3.63, 3.8) is 0 Å². The molecule has 0 fully saturated rings. The molecule has 4 aromatic heterocycles. The highest BCUT2D eigenvalue weighted by molar-refractivity contribution is 5.76. The summed E-state index contributed by atoms with van der Waals surface area (Å²) < 4.78 is 7.13. The van der Waals surface area contributed by atoms with Crippen molar-refractivity contribution < 1.29 is 9.32 Å². The molecule has 0 aliphatic carbocycles. The van der Waals surface area contributed by atoms with Crippen molar-refractivity contribution >= 4 is 11.9 Å². The summed E-state index contributed by atoms with van der Waals surface area (Å²) in [5.41, 5.74) is 8.15. The minimum absolute atomic E-state index is 0.0972. The van der Waals surface area contributed by atoms with E-state index in [1.807, 2.05) is 39.1 Å². The van der Waals surface area contributed by atoms with E-state index in [1.54, 1.807) is 29.5 Å². The number of nitrogens with two attached hydrogens (primary N) is 1. The lowest BCUT2D eigenvalue weighted by Crippen LogP contribution is -2.42. The van der Waals surface area contributed by atoms with Gasteiger partial charge in [-0.15, -0.1) is 0 Å². The molecule has 4 heterocycles. The predicted molar refractivity (Wildman–Crippen MR) is 134 cm³/mol. The number of anilines is 1. The van der Waals surface area contributed by atoms with E-state index in [-0.39, 0.29) is 35.3 Å². The Hall–Kier alpha value is -4.15. The smallest absolute Gasteiger partial charge is 0.261 e. The first-order valence-electron chi connectivity index (χ1n) is 11.6. The largest absolute Gasteiger partial charge is 0.368 e. The SMILES string of the molecule is CC(C)(C)NC(=O)Cn1cc(-c2nc(C(c3ccc(-c4cnc(N)nc4)nc3)C(C)(C)C)no2)cn1. The standard InChI is InChI=1S/C25H31N9O2/c1-24(2,3)20(15-7-8-18(27-9-15)16-10-28-23(26)29-11-16)21-31-22(36-33-21)17-12-30-34(13-17)14-19(35)32-25(4,5)6/h7-13,20H,14H2,1-6H3,(H,32,35)(H2,26,28,29). The Morgan fingerprint density at radius 1 is 1.03 bits per heavy atom. The van der Waals surface area contributed by atoms with Crippen LogP contribution in [-0.2, 0) is 11.3 Å². The van der Waals surface area contributed by atoms with Gasteiger partial charge in [-0.3, -0.25) is 14.5 Å². The number of aromatic nitrogens is 7. The zero-order valence-electron chi connectivity index (χ0n) is 21.4. The van der Waals surface area contributed by atoms with E-state index < -0.39 is 0 Å².